The van der Waals surface area contributed by atoms with Crippen LogP contribution in [0.3, 0.4) is 0 Å². The Labute approximate surface area is 112 Å². The molecular weight excluding hydrogens is 271 g/mol. The molecule has 1 rings (SSSR count). The Morgan fingerprint density at radius 2 is 1.89 bits per heavy atom. The summed E-state index contributed by atoms with van der Waals surface area (Å²) in [5.41, 5.74) is -0.778. The molecule has 19 heavy (non-hydrogen) atoms. The van der Waals surface area contributed by atoms with Crippen molar-refractivity contribution in [3.63, 3.8) is 0 Å². The van der Waals surface area contributed by atoms with Crippen LogP contribution in [0.15, 0.2) is 23.1 Å². The van der Waals surface area contributed by atoms with Gasteiger partial charge in [0.1, 0.15) is 5.82 Å². The number of sulfone groups is 1. The van der Waals surface area contributed by atoms with Crippen molar-refractivity contribution in [3.05, 3.63) is 29.6 Å². The van der Waals surface area contributed by atoms with Gasteiger partial charge in [0.05, 0.1) is 16.2 Å². The van der Waals surface area contributed by atoms with Crippen LogP contribution in [-0.2, 0) is 9.84 Å². The van der Waals surface area contributed by atoms with Crippen molar-refractivity contribution in [1.29, 1.82) is 0 Å². The summed E-state index contributed by atoms with van der Waals surface area (Å²) in [5.74, 6) is -2.52. The molecule has 4 nitrogen and oxygen atoms in total. The fraction of sp³-hybridized carbons (Fsp3) is 0.462. The van der Waals surface area contributed by atoms with Crippen molar-refractivity contribution >= 4 is 15.8 Å². The van der Waals surface area contributed by atoms with Crippen LogP contribution in [0.25, 0.3) is 0 Å². The Kier molecular flexibility index (Phi) is 4.35. The smallest absolute Gasteiger partial charge is 0.338 e. The molecule has 0 bridgehead atoms. The van der Waals surface area contributed by atoms with Gasteiger partial charge in [-0.1, -0.05) is 20.8 Å². The fourth-order valence-electron chi connectivity index (χ4n) is 1.42. The zero-order valence-corrected chi connectivity index (χ0v) is 11.9. The molecule has 0 aliphatic carbocycles. The standard InChI is InChI=1S/C13H17FO4S/c1-13(2,3)6-7-19(17,18)9-4-5-11(14)10(8-9)12(15)16/h4-5,8H,6-7H2,1-3H3,(H,15,16). The predicted molar refractivity (Wildman–Crippen MR) is 69.5 cm³/mol. The molecule has 106 valence electrons. The molecular formula is C13H17FO4S. The highest BCUT2D eigenvalue weighted by atomic mass is 32.2. The molecule has 0 unspecified atom stereocenters. The van der Waals surface area contributed by atoms with Crippen LogP contribution >= 0.6 is 0 Å². The van der Waals surface area contributed by atoms with Gasteiger partial charge >= 0.3 is 5.97 Å². The second-order valence-corrected chi connectivity index (χ2v) is 7.69. The van der Waals surface area contributed by atoms with Gasteiger partial charge in [0.15, 0.2) is 9.84 Å². The summed E-state index contributed by atoms with van der Waals surface area (Å²) in [5, 5.41) is 8.78. The van der Waals surface area contributed by atoms with E-state index in [2.05, 4.69) is 0 Å². The van der Waals surface area contributed by atoms with Crippen LogP contribution < -0.4 is 0 Å². The Hall–Kier alpha value is -1.43. The van der Waals surface area contributed by atoms with E-state index in [-0.39, 0.29) is 16.1 Å². The second kappa shape index (κ2) is 5.28. The van der Waals surface area contributed by atoms with E-state index in [1.165, 1.54) is 0 Å². The minimum atomic E-state index is -3.60. The first-order valence-corrected chi connectivity index (χ1v) is 7.44. The van der Waals surface area contributed by atoms with E-state index in [0.717, 1.165) is 18.2 Å². The van der Waals surface area contributed by atoms with Crippen LogP contribution in [0.2, 0.25) is 0 Å². The maximum atomic E-state index is 13.2. The van der Waals surface area contributed by atoms with Crippen LogP contribution in [0.5, 0.6) is 0 Å². The third kappa shape index (κ3) is 4.31. The first kappa shape index (κ1) is 15.6. The molecule has 1 aromatic rings. The summed E-state index contributed by atoms with van der Waals surface area (Å²) >= 11 is 0. The van der Waals surface area contributed by atoms with Gasteiger partial charge in [-0.05, 0) is 30.0 Å². The van der Waals surface area contributed by atoms with E-state index in [1.807, 2.05) is 20.8 Å². The molecule has 0 aromatic heterocycles. The molecule has 0 heterocycles. The molecule has 0 fully saturated rings. The largest absolute Gasteiger partial charge is 0.478 e. The van der Waals surface area contributed by atoms with Crippen LogP contribution in [0.1, 0.15) is 37.6 Å². The zero-order valence-electron chi connectivity index (χ0n) is 11.1. The predicted octanol–water partition coefficient (Wildman–Crippen LogP) is 2.73. The summed E-state index contributed by atoms with van der Waals surface area (Å²) in [7, 11) is -3.60. The van der Waals surface area contributed by atoms with Gasteiger partial charge in [-0.2, -0.15) is 0 Å². The van der Waals surface area contributed by atoms with Gasteiger partial charge in [-0.25, -0.2) is 17.6 Å². The van der Waals surface area contributed by atoms with E-state index < -0.39 is 27.2 Å². The van der Waals surface area contributed by atoms with E-state index in [0.29, 0.717) is 6.42 Å². The molecule has 0 amide bonds. The monoisotopic (exact) mass is 288 g/mol. The zero-order chi connectivity index (χ0) is 14.8. The molecule has 0 aliphatic rings. The quantitative estimate of drug-likeness (QED) is 0.865. The average molecular weight is 288 g/mol. The molecule has 0 spiro atoms. The lowest BCUT2D eigenvalue weighted by atomic mass is 9.94. The van der Waals surface area contributed by atoms with Crippen molar-refractivity contribution in [3.8, 4) is 0 Å². The van der Waals surface area contributed by atoms with Crippen molar-refractivity contribution in [2.75, 3.05) is 5.75 Å². The highest BCUT2D eigenvalue weighted by molar-refractivity contribution is 7.91. The molecule has 0 saturated carbocycles. The van der Waals surface area contributed by atoms with Crippen molar-refractivity contribution in [2.45, 2.75) is 32.1 Å². The summed E-state index contributed by atoms with van der Waals surface area (Å²) in [6.45, 7) is 5.74. The van der Waals surface area contributed by atoms with Crippen LogP contribution in [-0.4, -0.2) is 25.2 Å². The SMILES string of the molecule is CC(C)(C)CCS(=O)(=O)c1ccc(F)c(C(=O)O)c1. The highest BCUT2D eigenvalue weighted by Crippen LogP contribution is 2.23. The van der Waals surface area contributed by atoms with Crippen LogP contribution in [0.4, 0.5) is 4.39 Å². The average Bonchev–Trinajstić information content (AvgIpc) is 2.25. The lowest BCUT2D eigenvalue weighted by Crippen LogP contribution is -2.15. The maximum Gasteiger partial charge on any atom is 0.338 e. The van der Waals surface area contributed by atoms with Gasteiger partial charge < -0.3 is 5.11 Å². The normalized spacial score (nSPS) is 12.4. The number of rotatable bonds is 4. The summed E-state index contributed by atoms with van der Waals surface area (Å²) in [4.78, 5) is 10.6. The van der Waals surface area contributed by atoms with Crippen molar-refractivity contribution < 1.29 is 22.7 Å². The van der Waals surface area contributed by atoms with Crippen molar-refractivity contribution in [1.82, 2.24) is 0 Å². The fourth-order valence-corrected chi connectivity index (χ4v) is 3.11. The van der Waals surface area contributed by atoms with E-state index >= 15 is 0 Å². The molecule has 0 atom stereocenters. The minimum Gasteiger partial charge on any atom is -0.478 e. The Bertz CT molecular complexity index is 585. The van der Waals surface area contributed by atoms with E-state index in [1.54, 1.807) is 0 Å². The van der Waals surface area contributed by atoms with Gasteiger partial charge in [-0.3, -0.25) is 0 Å². The number of carboxylic acids is 1. The Morgan fingerprint density at radius 1 is 1.32 bits per heavy atom. The summed E-state index contributed by atoms with van der Waals surface area (Å²) in [6.07, 6.45) is 0.440. The molecule has 1 N–H and O–H groups in total. The highest BCUT2D eigenvalue weighted by Gasteiger charge is 2.22. The molecule has 0 saturated heterocycles. The Balaban J connectivity index is 3.09. The van der Waals surface area contributed by atoms with Crippen molar-refractivity contribution in [2.24, 2.45) is 5.41 Å². The summed E-state index contributed by atoms with van der Waals surface area (Å²) < 4.78 is 37.3. The third-order valence-corrected chi connectivity index (χ3v) is 4.36. The lowest BCUT2D eigenvalue weighted by Gasteiger charge is -2.17. The number of benzene rings is 1. The minimum absolute atomic E-state index is 0.0960. The Morgan fingerprint density at radius 3 is 2.37 bits per heavy atom. The van der Waals surface area contributed by atoms with E-state index in [9.17, 15) is 17.6 Å². The first-order valence-electron chi connectivity index (χ1n) is 5.78. The third-order valence-electron chi connectivity index (χ3n) is 2.65. The molecule has 1 aromatic carbocycles. The van der Waals surface area contributed by atoms with E-state index in [4.69, 9.17) is 5.11 Å². The number of aromatic carboxylic acids is 1. The number of hydrogen-bond acceptors (Lipinski definition) is 3. The first-order chi connectivity index (χ1) is 8.53. The topological polar surface area (TPSA) is 71.4 Å². The second-order valence-electron chi connectivity index (χ2n) is 5.58. The molecule has 0 aliphatic heterocycles. The van der Waals surface area contributed by atoms with Gasteiger partial charge in [-0.15, -0.1) is 0 Å². The van der Waals surface area contributed by atoms with Gasteiger partial charge in [0.2, 0.25) is 0 Å². The number of carboxylic acid groups (broad SMARTS) is 1. The lowest BCUT2D eigenvalue weighted by molar-refractivity contribution is 0.0691. The number of hydrogen-bond donors (Lipinski definition) is 1. The summed E-state index contributed by atoms with van der Waals surface area (Å²) in [6, 6.07) is 2.84. The van der Waals surface area contributed by atoms with Gasteiger partial charge in [0, 0.05) is 0 Å². The number of halogens is 1. The molecule has 6 heteroatoms. The number of carbonyl (C=O) groups is 1. The van der Waals surface area contributed by atoms with Gasteiger partial charge in [0.25, 0.3) is 0 Å². The maximum absolute atomic E-state index is 13.2. The van der Waals surface area contributed by atoms with Crippen LogP contribution in [0, 0.1) is 11.2 Å². The molecule has 0 radical (unpaired) electrons.